The lowest BCUT2D eigenvalue weighted by Gasteiger charge is -2.42. The Morgan fingerprint density at radius 1 is 0.909 bits per heavy atom. The highest BCUT2D eigenvalue weighted by Crippen LogP contribution is 2.49. The van der Waals surface area contributed by atoms with E-state index < -0.39 is 141 Å². The monoisotopic (exact) mass is 1250 g/mol. The molecule has 3 aliphatic heterocycles. The third-order valence-electron chi connectivity index (χ3n) is 16.8. The van der Waals surface area contributed by atoms with Gasteiger partial charge in [0.1, 0.15) is 30.0 Å². The van der Waals surface area contributed by atoms with Gasteiger partial charge >= 0.3 is 12.1 Å². The van der Waals surface area contributed by atoms with Gasteiger partial charge in [0, 0.05) is 96.9 Å². The predicted octanol–water partition coefficient (Wildman–Crippen LogP) is 2.28. The number of esters is 1. The fraction of sp³-hybridized carbons (Fsp3) is 0.581. The number of halogens is 1. The molecule has 0 saturated carbocycles. The molecule has 7 amide bonds. The van der Waals surface area contributed by atoms with E-state index in [4.69, 9.17) is 30.5 Å². The Bertz CT molecular complexity index is 3070. The number of benzene rings is 2. The van der Waals surface area contributed by atoms with E-state index in [-0.39, 0.29) is 45.4 Å². The maximum Gasteiger partial charge on any atom is 0.409 e. The number of likely N-dealkylation sites (N-methyl/N-ethyl adjacent to an activating group) is 1. The average molecular weight is 1250 g/mol. The second-order valence-electron chi connectivity index (χ2n) is 23.2. The molecule has 25 nitrogen and oxygen atoms in total. The summed E-state index contributed by atoms with van der Waals surface area (Å²) >= 11 is 6.85. The second kappa shape index (κ2) is 31.5. The maximum atomic E-state index is 14.4. The van der Waals surface area contributed by atoms with Crippen LogP contribution in [-0.2, 0) is 72.0 Å². The summed E-state index contributed by atoms with van der Waals surface area (Å²) in [7, 11) is 6.30. The van der Waals surface area contributed by atoms with Crippen LogP contribution in [0.5, 0.6) is 0 Å². The van der Waals surface area contributed by atoms with Crippen LogP contribution in [0.1, 0.15) is 77.1 Å². The van der Waals surface area contributed by atoms with E-state index in [1.807, 2.05) is 57.3 Å². The molecule has 4 heterocycles. The van der Waals surface area contributed by atoms with Gasteiger partial charge in [-0.3, -0.25) is 34.1 Å². The third kappa shape index (κ3) is 17.7. The van der Waals surface area contributed by atoms with Crippen LogP contribution in [0, 0.1) is 12.8 Å². The molecule has 3 aromatic rings. The summed E-state index contributed by atoms with van der Waals surface area (Å²) in [4.78, 5) is 118. The first-order valence-corrected chi connectivity index (χ1v) is 30.1. The number of allylic oxidation sites excluding steroid dienone is 3. The molecule has 2 fully saturated rings. The van der Waals surface area contributed by atoms with Crippen molar-refractivity contribution in [1.82, 2.24) is 39.7 Å². The van der Waals surface area contributed by atoms with Crippen molar-refractivity contribution < 1.29 is 77.7 Å². The molecule has 1 unspecified atom stereocenters. The number of aliphatic hydroxyl groups is 4. The molecule has 2 saturated heterocycles. The summed E-state index contributed by atoms with van der Waals surface area (Å²) < 4.78 is 25.9. The number of carbonyl (C=O) groups excluding carboxylic acids is 8. The number of nitrogens with one attached hydrogen (secondary N) is 2. The van der Waals surface area contributed by atoms with E-state index in [0.29, 0.717) is 35.8 Å². The fourth-order valence-corrected chi connectivity index (χ4v) is 11.4. The molecule has 0 aliphatic carbocycles. The molecular formula is C62H88ClN9O16. The summed E-state index contributed by atoms with van der Waals surface area (Å²) in [5.41, 5.74) is 1.57. The summed E-state index contributed by atoms with van der Waals surface area (Å²) in [6.45, 7) is 7.85. The van der Waals surface area contributed by atoms with Crippen molar-refractivity contribution in [2.24, 2.45) is 5.92 Å². The molecule has 26 heteroatoms. The number of rotatable bonds is 25. The number of alkyl carbamates (subject to hydrolysis) is 1. The van der Waals surface area contributed by atoms with E-state index in [1.54, 1.807) is 39.1 Å². The van der Waals surface area contributed by atoms with Crippen molar-refractivity contribution in [2.45, 2.75) is 129 Å². The zero-order valence-corrected chi connectivity index (χ0v) is 52.9. The molecular weight excluding hydrogens is 1160 g/mol. The number of aliphatic hydroxyl groups excluding tert-OH is 3. The number of epoxide rings is 1. The van der Waals surface area contributed by atoms with Gasteiger partial charge in [0.05, 0.1) is 62.7 Å². The highest BCUT2D eigenvalue weighted by Gasteiger charge is 2.64. The van der Waals surface area contributed by atoms with E-state index in [1.165, 1.54) is 26.0 Å². The highest BCUT2D eigenvalue weighted by atomic mass is 35.5. The molecule has 0 spiro atoms. The van der Waals surface area contributed by atoms with Gasteiger partial charge in [-0.25, -0.2) is 9.59 Å². The van der Waals surface area contributed by atoms with Crippen molar-refractivity contribution in [3.8, 4) is 0 Å². The van der Waals surface area contributed by atoms with Crippen molar-refractivity contribution >= 4 is 75.7 Å². The fourth-order valence-electron chi connectivity index (χ4n) is 11.1. The number of aryl methyl sites for hydroxylation is 2. The van der Waals surface area contributed by atoms with Gasteiger partial charge in [-0.2, -0.15) is 0 Å². The molecule has 0 radical (unpaired) electrons. The smallest absolute Gasteiger partial charge is 0.409 e. The van der Waals surface area contributed by atoms with Gasteiger partial charge in [-0.15, -0.1) is 0 Å². The molecule has 2 aromatic carbocycles. The van der Waals surface area contributed by atoms with Crippen LogP contribution in [0.25, 0.3) is 10.9 Å². The lowest BCUT2D eigenvalue weighted by atomic mass is 9.83. The predicted molar refractivity (Wildman–Crippen MR) is 326 cm³/mol. The quantitative estimate of drug-likeness (QED) is 0.0524. The Morgan fingerprint density at radius 3 is 2.22 bits per heavy atom. The molecule has 88 heavy (non-hydrogen) atoms. The highest BCUT2D eigenvalue weighted by molar-refractivity contribution is 6.34. The van der Waals surface area contributed by atoms with E-state index in [9.17, 15) is 58.8 Å². The molecule has 3 aliphatic rings. The van der Waals surface area contributed by atoms with E-state index in [0.717, 1.165) is 53.9 Å². The molecule has 1 aromatic heterocycles. The zero-order chi connectivity index (χ0) is 64.8. The number of para-hydroxylation sites is 1. The van der Waals surface area contributed by atoms with E-state index in [2.05, 4.69) is 33.1 Å². The Balaban J connectivity index is 1.10. The number of hydrogen-bond acceptors (Lipinski definition) is 17. The number of fused-ring (bicyclic) bond motifs is 6. The maximum absolute atomic E-state index is 14.4. The molecule has 8 atom stereocenters. The summed E-state index contributed by atoms with van der Waals surface area (Å²) in [6.07, 6.45) is -0.185. The van der Waals surface area contributed by atoms with Crippen molar-refractivity contribution in [2.75, 3.05) is 105 Å². The lowest BCUT2D eigenvalue weighted by Crippen LogP contribution is -2.63. The van der Waals surface area contributed by atoms with Gasteiger partial charge < -0.3 is 78.7 Å². The van der Waals surface area contributed by atoms with Crippen LogP contribution in [-0.4, -0.2) is 239 Å². The molecule has 6 N–H and O–H groups in total. The first kappa shape index (κ1) is 70.1. The lowest BCUT2D eigenvalue weighted by molar-refractivity contribution is -0.162. The zero-order valence-electron chi connectivity index (χ0n) is 52.2. The topological polar surface area (TPSA) is 306 Å². The minimum atomic E-state index is -1.91. The number of carbonyl (C=O) groups is 8. The molecule has 6 rings (SSSR count). The summed E-state index contributed by atoms with van der Waals surface area (Å²) in [5.74, 6) is -5.29. The van der Waals surface area contributed by atoms with Gasteiger partial charge in [0.25, 0.3) is 0 Å². The van der Waals surface area contributed by atoms with Crippen LogP contribution in [0.15, 0.2) is 66.3 Å². The Hall–Kier alpha value is -6.97. The third-order valence-corrected chi connectivity index (χ3v) is 17.3. The van der Waals surface area contributed by atoms with Gasteiger partial charge in [-0.1, -0.05) is 73.5 Å². The number of methoxy groups -OCH3 is 1. The van der Waals surface area contributed by atoms with Crippen LogP contribution < -0.4 is 15.5 Å². The number of hydrogen-bond donors (Lipinski definition) is 6. The van der Waals surface area contributed by atoms with Gasteiger partial charge in [0.15, 0.2) is 5.72 Å². The standard InChI is InChI=1S/C62H88ClN9O16/c1-11-66(7)36-45-32-44-16-12-13-17-46(44)72(45)22-19-51(76)64-35-54(79)70(24-27-74)38-56(81)71(25-28-75)37-55(80)69(23-26-73)21-20-52(77)67(8)42(5)59(82)87-50-33-53(78)68(9)47-31-43(30-40(3)57(47)63)29-39(2)15-14-18-49(85-10)62(84)34-48(86-60(83)65-62)41(4)58-61(50,6)88-58/h12-18,30-32,41-42,48-50,58,73-75,84H,11,19-29,33-38H2,1-10H3,(H,64,76)(H,65,83)/b18-14+,39-15+/t41-,42+,48+,49-,50+,58?,61+,62-/m1/s1. The van der Waals surface area contributed by atoms with Crippen LogP contribution in [0.3, 0.4) is 0 Å². The minimum absolute atomic E-state index is 0.0477. The van der Waals surface area contributed by atoms with Crippen LogP contribution >= 0.6 is 11.6 Å². The molecule has 4 bridgehead atoms. The van der Waals surface area contributed by atoms with Gasteiger partial charge in [-0.05, 0) is 82.4 Å². The summed E-state index contributed by atoms with van der Waals surface area (Å²) in [6, 6.07) is 12.3. The second-order valence-corrected chi connectivity index (χ2v) is 23.5. The number of aromatic nitrogens is 1. The average Bonchev–Trinajstić information content (AvgIpc) is 1.58. The van der Waals surface area contributed by atoms with Crippen molar-refractivity contribution in [3.63, 3.8) is 0 Å². The number of amides is 7. The number of nitrogens with zero attached hydrogens (tertiary/aromatic N) is 7. The Labute approximate surface area is 519 Å². The number of anilines is 1. The van der Waals surface area contributed by atoms with Crippen LogP contribution in [0.2, 0.25) is 5.02 Å². The first-order valence-electron chi connectivity index (χ1n) is 29.7. The minimum Gasteiger partial charge on any atom is -0.457 e. The largest absolute Gasteiger partial charge is 0.457 e. The van der Waals surface area contributed by atoms with Crippen molar-refractivity contribution in [1.29, 1.82) is 0 Å². The first-order chi connectivity index (χ1) is 41.7. The number of ether oxygens (including phenoxy) is 4. The Morgan fingerprint density at radius 2 is 1.56 bits per heavy atom. The molecule has 484 valence electrons. The van der Waals surface area contributed by atoms with Crippen molar-refractivity contribution in [3.05, 3.63) is 88.1 Å². The van der Waals surface area contributed by atoms with Crippen LogP contribution in [0.4, 0.5) is 10.5 Å². The van der Waals surface area contributed by atoms with E-state index >= 15 is 0 Å². The Kier molecular flexibility index (Phi) is 25.1. The SMILES string of the molecule is CCN(C)Cc1cc2ccccc2n1CCC(=O)NCC(=O)N(CCO)CC(=O)N(CCO)CC(=O)N(CCO)CCC(=O)N(C)[C@@H](C)C(=O)O[C@H]1CC(=O)N(C)c2cc(cc(C)c2Cl)C/C(C)=C/C=C/[C@@H](OC)[C@]2(O)C[C@H](OC(=O)N2)[C@@H](C)C2O[C@]21C. The summed E-state index contributed by atoms with van der Waals surface area (Å²) in [5, 5.41) is 48.2. The van der Waals surface area contributed by atoms with Gasteiger partial charge in [0.2, 0.25) is 35.4 Å². The normalized spacial score (nSPS) is 23.4.